The van der Waals surface area contributed by atoms with Crippen LogP contribution in [0.5, 0.6) is 0 Å². The zero-order valence-electron chi connectivity index (χ0n) is 7.22. The highest BCUT2D eigenvalue weighted by atomic mass is 14.3. The van der Waals surface area contributed by atoms with Gasteiger partial charge in [0, 0.05) is 0 Å². The summed E-state index contributed by atoms with van der Waals surface area (Å²) in [5, 5.41) is 0. The van der Waals surface area contributed by atoms with E-state index in [2.05, 4.69) is 25.2 Å². The van der Waals surface area contributed by atoms with Gasteiger partial charge in [-0.3, -0.25) is 0 Å². The maximum atomic E-state index is 2.44. The van der Waals surface area contributed by atoms with Gasteiger partial charge in [0.2, 0.25) is 0 Å². The third-order valence-electron chi connectivity index (χ3n) is 2.91. The van der Waals surface area contributed by atoms with E-state index in [0.717, 1.165) is 11.8 Å². The number of allylic oxidation sites excluding steroid dienone is 4. The molecular formula is C11H16. The van der Waals surface area contributed by atoms with Crippen LogP contribution in [0.25, 0.3) is 0 Å². The Morgan fingerprint density at radius 3 is 3.27 bits per heavy atom. The summed E-state index contributed by atoms with van der Waals surface area (Å²) in [6, 6.07) is 0. The fourth-order valence-electron chi connectivity index (χ4n) is 2.23. The zero-order valence-corrected chi connectivity index (χ0v) is 7.22. The van der Waals surface area contributed by atoms with Gasteiger partial charge in [-0.25, -0.2) is 0 Å². The van der Waals surface area contributed by atoms with Crippen LogP contribution < -0.4 is 0 Å². The topological polar surface area (TPSA) is 0 Å². The van der Waals surface area contributed by atoms with E-state index in [1.165, 1.54) is 25.7 Å². The van der Waals surface area contributed by atoms with Crippen LogP contribution in [-0.2, 0) is 0 Å². The summed E-state index contributed by atoms with van der Waals surface area (Å²) >= 11 is 0. The van der Waals surface area contributed by atoms with E-state index in [1.54, 1.807) is 5.57 Å². The molecular weight excluding hydrogens is 132 g/mol. The van der Waals surface area contributed by atoms with Crippen LogP contribution in [0.4, 0.5) is 0 Å². The van der Waals surface area contributed by atoms with Crippen LogP contribution in [0.3, 0.4) is 0 Å². The van der Waals surface area contributed by atoms with Gasteiger partial charge in [-0.05, 0) is 43.1 Å². The summed E-state index contributed by atoms with van der Waals surface area (Å²) < 4.78 is 0. The lowest BCUT2D eigenvalue weighted by atomic mass is 9.77. The summed E-state index contributed by atoms with van der Waals surface area (Å²) in [6.07, 6.45) is 12.5. The molecule has 2 unspecified atom stereocenters. The predicted octanol–water partition coefficient (Wildman–Crippen LogP) is 3.31. The van der Waals surface area contributed by atoms with Crippen molar-refractivity contribution in [1.29, 1.82) is 0 Å². The standard InChI is InChI=1S/C11H16/c1-9-6-7-10-4-2-3-5-11(10)8-9/h2,4,7,9,11H,3,5-6,8H2,1H3. The van der Waals surface area contributed by atoms with Crippen molar-refractivity contribution in [3.05, 3.63) is 23.8 Å². The van der Waals surface area contributed by atoms with E-state index in [-0.39, 0.29) is 0 Å². The monoisotopic (exact) mass is 148 g/mol. The first-order valence-electron chi connectivity index (χ1n) is 4.73. The molecule has 0 radical (unpaired) electrons. The Bertz CT molecular complexity index is 198. The molecule has 2 aliphatic rings. The molecule has 2 aliphatic carbocycles. The number of hydrogen-bond acceptors (Lipinski definition) is 0. The lowest BCUT2D eigenvalue weighted by Crippen LogP contribution is -2.14. The Balaban J connectivity index is 2.18. The Hall–Kier alpha value is -0.520. The molecule has 2 rings (SSSR count). The minimum Gasteiger partial charge on any atom is -0.0842 e. The van der Waals surface area contributed by atoms with Gasteiger partial charge in [0.15, 0.2) is 0 Å². The molecule has 0 aromatic carbocycles. The summed E-state index contributed by atoms with van der Waals surface area (Å²) in [4.78, 5) is 0. The van der Waals surface area contributed by atoms with E-state index in [1.807, 2.05) is 0 Å². The second-order valence-electron chi connectivity index (χ2n) is 3.96. The molecule has 0 aliphatic heterocycles. The van der Waals surface area contributed by atoms with E-state index in [4.69, 9.17) is 0 Å². The van der Waals surface area contributed by atoms with Crippen molar-refractivity contribution in [3.63, 3.8) is 0 Å². The van der Waals surface area contributed by atoms with E-state index in [9.17, 15) is 0 Å². The van der Waals surface area contributed by atoms with Crippen LogP contribution in [-0.4, -0.2) is 0 Å². The largest absolute Gasteiger partial charge is 0.0842 e. The SMILES string of the molecule is CC1CC=C2C=CCCC2C1. The Morgan fingerprint density at radius 2 is 2.36 bits per heavy atom. The first-order chi connectivity index (χ1) is 5.36. The maximum absolute atomic E-state index is 2.44. The molecule has 0 saturated heterocycles. The number of fused-ring (bicyclic) bond motifs is 1. The van der Waals surface area contributed by atoms with E-state index >= 15 is 0 Å². The highest BCUT2D eigenvalue weighted by Crippen LogP contribution is 2.35. The molecule has 0 amide bonds. The van der Waals surface area contributed by atoms with E-state index in [0.29, 0.717) is 0 Å². The molecule has 0 heterocycles. The van der Waals surface area contributed by atoms with Crippen LogP contribution in [0.15, 0.2) is 23.8 Å². The van der Waals surface area contributed by atoms with E-state index < -0.39 is 0 Å². The van der Waals surface area contributed by atoms with Crippen LogP contribution in [0, 0.1) is 11.8 Å². The first-order valence-corrected chi connectivity index (χ1v) is 4.73. The van der Waals surface area contributed by atoms with Gasteiger partial charge in [-0.1, -0.05) is 25.2 Å². The van der Waals surface area contributed by atoms with Crippen LogP contribution >= 0.6 is 0 Å². The summed E-state index contributed by atoms with van der Waals surface area (Å²) in [7, 11) is 0. The fraction of sp³-hybridized carbons (Fsp3) is 0.636. The third kappa shape index (κ3) is 1.40. The van der Waals surface area contributed by atoms with Crippen molar-refractivity contribution in [2.24, 2.45) is 11.8 Å². The molecule has 0 heteroatoms. The molecule has 60 valence electrons. The Kier molecular flexibility index (Phi) is 1.85. The number of hydrogen-bond donors (Lipinski definition) is 0. The summed E-state index contributed by atoms with van der Waals surface area (Å²) in [5.74, 6) is 1.83. The zero-order chi connectivity index (χ0) is 7.68. The average Bonchev–Trinajstić information content (AvgIpc) is 2.04. The molecule has 2 atom stereocenters. The molecule has 11 heavy (non-hydrogen) atoms. The van der Waals surface area contributed by atoms with Crippen molar-refractivity contribution in [1.82, 2.24) is 0 Å². The maximum Gasteiger partial charge on any atom is -0.0160 e. The Morgan fingerprint density at radius 1 is 1.45 bits per heavy atom. The highest BCUT2D eigenvalue weighted by Gasteiger charge is 2.21. The van der Waals surface area contributed by atoms with Gasteiger partial charge in [-0.2, -0.15) is 0 Å². The first kappa shape index (κ1) is 7.15. The van der Waals surface area contributed by atoms with Crippen LogP contribution in [0.2, 0.25) is 0 Å². The molecule has 0 aromatic heterocycles. The molecule has 0 fully saturated rings. The third-order valence-corrected chi connectivity index (χ3v) is 2.91. The molecule has 0 spiro atoms. The van der Waals surface area contributed by atoms with Gasteiger partial charge in [-0.15, -0.1) is 0 Å². The quantitative estimate of drug-likeness (QED) is 0.494. The van der Waals surface area contributed by atoms with Gasteiger partial charge in [0.1, 0.15) is 0 Å². The normalized spacial score (nSPS) is 36.3. The minimum absolute atomic E-state index is 0.906. The molecule has 0 bridgehead atoms. The summed E-state index contributed by atoms with van der Waals surface area (Å²) in [5.41, 5.74) is 1.62. The van der Waals surface area contributed by atoms with Gasteiger partial charge >= 0.3 is 0 Å². The van der Waals surface area contributed by atoms with Gasteiger partial charge in [0.05, 0.1) is 0 Å². The average molecular weight is 148 g/mol. The second-order valence-corrected chi connectivity index (χ2v) is 3.96. The van der Waals surface area contributed by atoms with Crippen molar-refractivity contribution in [3.8, 4) is 0 Å². The lowest BCUT2D eigenvalue weighted by molar-refractivity contribution is 0.392. The highest BCUT2D eigenvalue weighted by molar-refractivity contribution is 5.26. The molecule has 0 aromatic rings. The fourth-order valence-corrected chi connectivity index (χ4v) is 2.23. The predicted molar refractivity (Wildman–Crippen MR) is 48.3 cm³/mol. The summed E-state index contributed by atoms with van der Waals surface area (Å²) in [6.45, 7) is 2.37. The number of rotatable bonds is 0. The molecule has 0 nitrogen and oxygen atoms in total. The van der Waals surface area contributed by atoms with Crippen molar-refractivity contribution >= 4 is 0 Å². The lowest BCUT2D eigenvalue weighted by Gasteiger charge is -2.28. The van der Waals surface area contributed by atoms with Crippen molar-refractivity contribution < 1.29 is 0 Å². The Labute approximate surface area is 69.0 Å². The minimum atomic E-state index is 0.906. The van der Waals surface area contributed by atoms with Gasteiger partial charge in [0.25, 0.3) is 0 Å². The van der Waals surface area contributed by atoms with Crippen LogP contribution in [0.1, 0.15) is 32.6 Å². The van der Waals surface area contributed by atoms with Crippen molar-refractivity contribution in [2.75, 3.05) is 0 Å². The van der Waals surface area contributed by atoms with Crippen molar-refractivity contribution in [2.45, 2.75) is 32.6 Å². The molecule has 0 saturated carbocycles. The van der Waals surface area contributed by atoms with Gasteiger partial charge < -0.3 is 0 Å². The second kappa shape index (κ2) is 2.84. The molecule has 0 N–H and O–H groups in total. The smallest absolute Gasteiger partial charge is 0.0160 e.